The number of pyridine rings is 3. The maximum absolute atomic E-state index is 14.3. The Hall–Kier alpha value is -4.38. The number of nitrogens with one attached hydrogen (secondary N) is 1. The zero-order valence-corrected chi connectivity index (χ0v) is 22.2. The Morgan fingerprint density at radius 2 is 1.66 bits per heavy atom. The molecule has 0 aliphatic carbocycles. The van der Waals surface area contributed by atoms with Gasteiger partial charge in [0.2, 0.25) is 11.8 Å². The van der Waals surface area contributed by atoms with Gasteiger partial charge in [-0.1, -0.05) is 23.8 Å². The van der Waals surface area contributed by atoms with Gasteiger partial charge in [-0.05, 0) is 69.2 Å². The number of methoxy groups -OCH3 is 1. The number of carbonyl (C=O) groups is 1. The average molecular weight is 537 g/mol. The van der Waals surface area contributed by atoms with Gasteiger partial charge in [0.05, 0.1) is 12.8 Å². The number of sulfonamides is 1. The van der Waals surface area contributed by atoms with Crippen LogP contribution in [0.15, 0.2) is 59.8 Å². The van der Waals surface area contributed by atoms with Crippen LogP contribution in [0.5, 0.6) is 17.5 Å². The summed E-state index contributed by atoms with van der Waals surface area (Å²) in [6, 6.07) is 12.2. The summed E-state index contributed by atoms with van der Waals surface area (Å²) in [5.74, 6) is -1.56. The fourth-order valence-corrected chi connectivity index (χ4v) is 4.87. The van der Waals surface area contributed by atoms with Crippen LogP contribution in [0, 0.1) is 33.5 Å². The van der Waals surface area contributed by atoms with E-state index in [9.17, 15) is 17.6 Å². The molecule has 0 radical (unpaired) electrons. The van der Waals surface area contributed by atoms with Gasteiger partial charge in [0, 0.05) is 17.5 Å². The maximum atomic E-state index is 14.3. The first kappa shape index (κ1) is 26.7. The number of carbonyl (C=O) groups excluding carboxylic acids is 1. The molecule has 1 amide bonds. The molecule has 0 unspecified atom stereocenters. The molecule has 1 N–H and O–H groups in total. The largest absolute Gasteiger partial charge is 0.479 e. The van der Waals surface area contributed by atoms with Crippen molar-refractivity contribution >= 4 is 15.9 Å². The van der Waals surface area contributed by atoms with E-state index in [0.29, 0.717) is 17.0 Å². The first-order valence-electron chi connectivity index (χ1n) is 11.5. The van der Waals surface area contributed by atoms with Gasteiger partial charge in [0.15, 0.2) is 10.8 Å². The molecule has 0 bridgehead atoms. The highest BCUT2D eigenvalue weighted by Gasteiger charge is 2.25. The lowest BCUT2D eigenvalue weighted by molar-refractivity contribution is 0.0978. The van der Waals surface area contributed by atoms with E-state index >= 15 is 0 Å². The van der Waals surface area contributed by atoms with Crippen molar-refractivity contribution in [2.24, 2.45) is 0 Å². The molecule has 0 saturated heterocycles. The van der Waals surface area contributed by atoms with Crippen LogP contribution in [-0.4, -0.2) is 36.4 Å². The molecule has 9 nitrogen and oxygen atoms in total. The summed E-state index contributed by atoms with van der Waals surface area (Å²) in [5.41, 5.74) is 3.46. The molecular formula is C27H25FN4O5S. The van der Waals surface area contributed by atoms with Gasteiger partial charge in [-0.2, -0.15) is 8.42 Å². The topological polar surface area (TPSA) is 120 Å². The van der Waals surface area contributed by atoms with Crippen LogP contribution in [0.2, 0.25) is 0 Å². The monoisotopic (exact) mass is 536 g/mol. The minimum Gasteiger partial charge on any atom is -0.479 e. The van der Waals surface area contributed by atoms with Gasteiger partial charge < -0.3 is 9.47 Å². The van der Waals surface area contributed by atoms with Crippen LogP contribution in [0.1, 0.15) is 32.7 Å². The number of hydrogen-bond donors (Lipinski definition) is 1. The van der Waals surface area contributed by atoms with Gasteiger partial charge in [-0.3, -0.25) is 4.79 Å². The summed E-state index contributed by atoms with van der Waals surface area (Å²) < 4.78 is 53.0. The molecule has 0 saturated carbocycles. The van der Waals surface area contributed by atoms with E-state index in [2.05, 4.69) is 15.0 Å². The first-order valence-corrected chi connectivity index (χ1v) is 12.9. The first-order chi connectivity index (χ1) is 18.0. The maximum Gasteiger partial charge on any atom is 0.281 e. The Morgan fingerprint density at radius 1 is 0.947 bits per heavy atom. The van der Waals surface area contributed by atoms with E-state index in [0.717, 1.165) is 16.7 Å². The Morgan fingerprint density at radius 3 is 2.29 bits per heavy atom. The highest BCUT2D eigenvalue weighted by Crippen LogP contribution is 2.33. The molecule has 3 heterocycles. The molecule has 3 aromatic heterocycles. The van der Waals surface area contributed by atoms with Gasteiger partial charge in [0.25, 0.3) is 15.9 Å². The highest BCUT2D eigenvalue weighted by atomic mass is 32.2. The summed E-state index contributed by atoms with van der Waals surface area (Å²) in [4.78, 5) is 25.6. The van der Waals surface area contributed by atoms with Crippen molar-refractivity contribution in [2.45, 2.75) is 32.7 Å². The molecule has 0 fully saturated rings. The average Bonchev–Trinajstić information content (AvgIpc) is 2.85. The smallest absolute Gasteiger partial charge is 0.281 e. The van der Waals surface area contributed by atoms with Gasteiger partial charge in [-0.25, -0.2) is 24.1 Å². The van der Waals surface area contributed by atoms with E-state index in [1.165, 1.54) is 43.6 Å². The van der Waals surface area contributed by atoms with Gasteiger partial charge >= 0.3 is 0 Å². The van der Waals surface area contributed by atoms with Crippen molar-refractivity contribution in [3.8, 4) is 28.8 Å². The molecule has 4 aromatic rings. The summed E-state index contributed by atoms with van der Waals surface area (Å²) in [6.45, 7) is 7.26. The minimum absolute atomic E-state index is 0.147. The fraction of sp³-hybridized carbons (Fsp3) is 0.185. The number of nitrogens with zero attached hydrogens (tertiary/aromatic N) is 3. The molecule has 4 rings (SSSR count). The highest BCUT2D eigenvalue weighted by molar-refractivity contribution is 7.90. The molecule has 196 valence electrons. The van der Waals surface area contributed by atoms with Crippen molar-refractivity contribution in [3.05, 3.63) is 88.5 Å². The fourth-order valence-electron chi connectivity index (χ4n) is 3.89. The van der Waals surface area contributed by atoms with E-state index in [1.54, 1.807) is 13.0 Å². The van der Waals surface area contributed by atoms with Crippen LogP contribution in [0.4, 0.5) is 4.39 Å². The molecule has 11 heteroatoms. The predicted octanol–water partition coefficient (Wildman–Crippen LogP) is 4.83. The van der Waals surface area contributed by atoms with Crippen LogP contribution < -0.4 is 14.2 Å². The van der Waals surface area contributed by atoms with Crippen LogP contribution in [0.3, 0.4) is 0 Å². The lowest BCUT2D eigenvalue weighted by Gasteiger charge is -2.16. The number of halogens is 1. The Kier molecular flexibility index (Phi) is 7.40. The number of amides is 1. The SMILES string of the molecule is COc1ncc(-c2ccc(C(=O)NS(=O)(=O)c3cccc(C)n3)c(Oc3c(C)cc(C)cc3C)n2)cc1F. The molecule has 38 heavy (non-hydrogen) atoms. The third-order valence-corrected chi connectivity index (χ3v) is 6.80. The third-order valence-electron chi connectivity index (χ3n) is 5.57. The Labute approximate surface area is 219 Å². The zero-order chi connectivity index (χ0) is 27.6. The van der Waals surface area contributed by atoms with Crippen molar-refractivity contribution in [1.82, 2.24) is 19.7 Å². The summed E-state index contributed by atoms with van der Waals surface area (Å²) in [5, 5.41) is -0.303. The van der Waals surface area contributed by atoms with Crippen molar-refractivity contribution in [3.63, 3.8) is 0 Å². The van der Waals surface area contributed by atoms with Crippen molar-refractivity contribution < 1.29 is 27.1 Å². The molecular weight excluding hydrogens is 511 g/mol. The van der Waals surface area contributed by atoms with E-state index in [1.807, 2.05) is 37.6 Å². The summed E-state index contributed by atoms with van der Waals surface area (Å²) in [7, 11) is -2.98. The van der Waals surface area contributed by atoms with Crippen molar-refractivity contribution in [1.29, 1.82) is 0 Å². The van der Waals surface area contributed by atoms with Crippen LogP contribution >= 0.6 is 0 Å². The van der Waals surface area contributed by atoms with Gasteiger partial charge in [0.1, 0.15) is 11.3 Å². The lowest BCUT2D eigenvalue weighted by atomic mass is 10.1. The second-order valence-electron chi connectivity index (χ2n) is 8.65. The van der Waals surface area contributed by atoms with E-state index in [4.69, 9.17) is 9.47 Å². The minimum atomic E-state index is -4.28. The Balaban J connectivity index is 1.79. The normalized spacial score (nSPS) is 11.2. The molecule has 0 aliphatic rings. The second-order valence-corrected chi connectivity index (χ2v) is 10.3. The predicted molar refractivity (Wildman–Crippen MR) is 138 cm³/mol. The Bertz CT molecular complexity index is 1630. The molecule has 1 aromatic carbocycles. The van der Waals surface area contributed by atoms with Crippen molar-refractivity contribution in [2.75, 3.05) is 7.11 Å². The summed E-state index contributed by atoms with van der Waals surface area (Å²) >= 11 is 0. The van der Waals surface area contributed by atoms with Crippen LogP contribution in [-0.2, 0) is 10.0 Å². The summed E-state index contributed by atoms with van der Waals surface area (Å²) in [6.07, 6.45) is 1.37. The molecule has 0 atom stereocenters. The number of hydrogen-bond acceptors (Lipinski definition) is 8. The number of benzene rings is 1. The van der Waals surface area contributed by atoms with Crippen LogP contribution in [0.25, 0.3) is 11.3 Å². The lowest BCUT2D eigenvalue weighted by Crippen LogP contribution is -2.31. The number of aryl methyl sites for hydroxylation is 4. The quantitative estimate of drug-likeness (QED) is 0.357. The molecule has 0 aliphatic heterocycles. The number of rotatable bonds is 7. The number of ether oxygens (including phenoxy) is 2. The zero-order valence-electron chi connectivity index (χ0n) is 21.4. The van der Waals surface area contributed by atoms with E-state index < -0.39 is 21.7 Å². The third kappa shape index (κ3) is 5.62. The standard InChI is InChI=1S/C27H25FN4O5S/c1-15-11-16(2)24(17(3)12-15)37-26-20(25(33)32-38(34,35)23-8-6-7-18(4)30-23)9-10-22(31-26)19-13-21(28)27(36-5)29-14-19/h6-14H,1-5H3,(H,32,33). The van der Waals surface area contributed by atoms with E-state index in [-0.39, 0.29) is 28.0 Å². The van der Waals surface area contributed by atoms with Gasteiger partial charge in [-0.15, -0.1) is 0 Å². The number of aromatic nitrogens is 3. The molecule has 0 spiro atoms. The second kappa shape index (κ2) is 10.5.